The molecule has 24 heavy (non-hydrogen) atoms. The van der Waals surface area contributed by atoms with Crippen molar-refractivity contribution in [1.82, 2.24) is 20.2 Å². The van der Waals surface area contributed by atoms with E-state index in [4.69, 9.17) is 5.73 Å². The van der Waals surface area contributed by atoms with Crippen molar-refractivity contribution >= 4 is 16.9 Å². The lowest BCUT2D eigenvalue weighted by molar-refractivity contribution is 0.463. The smallest absolute Gasteiger partial charge is 0.155 e. The van der Waals surface area contributed by atoms with Gasteiger partial charge in [-0.1, -0.05) is 6.92 Å². The molecule has 1 aliphatic heterocycles. The SMILES string of the molecule is CC1CN(c2ccc(F)c(-c3n[nH]c4ncccc34)n2)CC1CN. The molecule has 4 heterocycles. The molecular weight excluding hydrogens is 307 g/mol. The summed E-state index contributed by atoms with van der Waals surface area (Å²) in [6.07, 6.45) is 1.67. The molecule has 7 heteroatoms. The van der Waals surface area contributed by atoms with Crippen molar-refractivity contribution < 1.29 is 4.39 Å². The Labute approximate surface area is 138 Å². The van der Waals surface area contributed by atoms with Crippen LogP contribution in [0.3, 0.4) is 0 Å². The highest BCUT2D eigenvalue weighted by Gasteiger charge is 2.29. The maximum Gasteiger partial charge on any atom is 0.155 e. The number of aromatic amines is 1. The standard InChI is InChI=1S/C17H19FN6/c1-10-8-24(9-11(10)7-19)14-5-4-13(18)16(21-14)15-12-3-2-6-20-17(12)23-22-15/h2-6,10-11H,7-9,19H2,1H3,(H,20,22,23). The molecule has 6 nitrogen and oxygen atoms in total. The van der Waals surface area contributed by atoms with E-state index in [2.05, 4.69) is 32.0 Å². The average molecular weight is 326 g/mol. The van der Waals surface area contributed by atoms with Crippen molar-refractivity contribution in [3.8, 4) is 11.4 Å². The van der Waals surface area contributed by atoms with Gasteiger partial charge in [-0.2, -0.15) is 5.10 Å². The highest BCUT2D eigenvalue weighted by atomic mass is 19.1. The van der Waals surface area contributed by atoms with E-state index < -0.39 is 5.82 Å². The Morgan fingerprint density at radius 3 is 2.96 bits per heavy atom. The highest BCUT2D eigenvalue weighted by Crippen LogP contribution is 2.31. The molecule has 124 valence electrons. The molecule has 3 N–H and O–H groups in total. The summed E-state index contributed by atoms with van der Waals surface area (Å²) in [4.78, 5) is 10.9. The molecule has 0 aromatic carbocycles. The Kier molecular flexibility index (Phi) is 3.65. The molecule has 4 rings (SSSR count). The van der Waals surface area contributed by atoms with Gasteiger partial charge in [-0.25, -0.2) is 14.4 Å². The summed E-state index contributed by atoms with van der Waals surface area (Å²) in [5, 5.41) is 7.80. The van der Waals surface area contributed by atoms with Crippen LogP contribution in [0.2, 0.25) is 0 Å². The number of nitrogens with one attached hydrogen (secondary N) is 1. The number of pyridine rings is 2. The largest absolute Gasteiger partial charge is 0.356 e. The fraction of sp³-hybridized carbons (Fsp3) is 0.353. The third-order valence-corrected chi connectivity index (χ3v) is 4.79. The fourth-order valence-corrected chi connectivity index (χ4v) is 3.34. The number of aromatic nitrogens is 4. The molecule has 1 fully saturated rings. The van der Waals surface area contributed by atoms with E-state index in [0.717, 1.165) is 24.3 Å². The molecule has 0 aliphatic carbocycles. The first-order valence-electron chi connectivity index (χ1n) is 8.08. The molecule has 1 aliphatic rings. The maximum atomic E-state index is 14.4. The van der Waals surface area contributed by atoms with Gasteiger partial charge < -0.3 is 10.6 Å². The molecule has 1 saturated heterocycles. The second-order valence-corrected chi connectivity index (χ2v) is 6.35. The van der Waals surface area contributed by atoms with Gasteiger partial charge in [0.15, 0.2) is 11.5 Å². The maximum absolute atomic E-state index is 14.4. The van der Waals surface area contributed by atoms with Crippen LogP contribution in [0, 0.1) is 17.7 Å². The van der Waals surface area contributed by atoms with Gasteiger partial charge in [0.2, 0.25) is 0 Å². The Hall–Kier alpha value is -2.54. The van der Waals surface area contributed by atoms with Crippen LogP contribution in [0.4, 0.5) is 10.2 Å². The van der Waals surface area contributed by atoms with Gasteiger partial charge in [0.05, 0.1) is 0 Å². The van der Waals surface area contributed by atoms with E-state index in [-0.39, 0.29) is 5.69 Å². The third kappa shape index (κ3) is 2.41. The minimum absolute atomic E-state index is 0.246. The lowest BCUT2D eigenvalue weighted by atomic mass is 9.99. The van der Waals surface area contributed by atoms with Crippen LogP contribution in [0.5, 0.6) is 0 Å². The predicted molar refractivity (Wildman–Crippen MR) is 91.0 cm³/mol. The minimum Gasteiger partial charge on any atom is -0.356 e. The van der Waals surface area contributed by atoms with Crippen LogP contribution in [0.25, 0.3) is 22.4 Å². The summed E-state index contributed by atoms with van der Waals surface area (Å²) in [5.41, 5.74) is 7.18. The van der Waals surface area contributed by atoms with Gasteiger partial charge in [-0.15, -0.1) is 0 Å². The van der Waals surface area contributed by atoms with Crippen LogP contribution in [-0.2, 0) is 0 Å². The van der Waals surface area contributed by atoms with Crippen LogP contribution in [0.1, 0.15) is 6.92 Å². The zero-order valence-electron chi connectivity index (χ0n) is 13.4. The number of hydrogen-bond acceptors (Lipinski definition) is 5. The van der Waals surface area contributed by atoms with Gasteiger partial charge in [0, 0.05) is 24.7 Å². The van der Waals surface area contributed by atoms with Crippen molar-refractivity contribution in [1.29, 1.82) is 0 Å². The van der Waals surface area contributed by atoms with Crippen LogP contribution in [-0.4, -0.2) is 39.8 Å². The predicted octanol–water partition coefficient (Wildman–Crippen LogP) is 2.19. The average Bonchev–Trinajstić information content (AvgIpc) is 3.19. The van der Waals surface area contributed by atoms with Gasteiger partial charge in [-0.05, 0) is 42.6 Å². The number of fused-ring (bicyclic) bond motifs is 1. The van der Waals surface area contributed by atoms with Crippen molar-refractivity contribution in [2.45, 2.75) is 6.92 Å². The summed E-state index contributed by atoms with van der Waals surface area (Å²) in [6.45, 7) is 4.57. The number of halogens is 1. The summed E-state index contributed by atoms with van der Waals surface area (Å²) in [6, 6.07) is 6.83. The normalized spacial score (nSPS) is 20.9. The summed E-state index contributed by atoms with van der Waals surface area (Å²) in [5.74, 6) is 1.31. The number of nitrogens with two attached hydrogens (primary N) is 1. The Bertz CT molecular complexity index is 876. The van der Waals surface area contributed by atoms with E-state index in [1.807, 2.05) is 6.07 Å². The second kappa shape index (κ2) is 5.83. The molecule has 2 unspecified atom stereocenters. The molecule has 0 spiro atoms. The van der Waals surface area contributed by atoms with E-state index in [1.54, 1.807) is 18.3 Å². The fourth-order valence-electron chi connectivity index (χ4n) is 3.34. The highest BCUT2D eigenvalue weighted by molar-refractivity contribution is 5.89. The molecular formula is C17H19FN6. The molecule has 3 aromatic heterocycles. The summed E-state index contributed by atoms with van der Waals surface area (Å²) in [7, 11) is 0. The van der Waals surface area contributed by atoms with E-state index in [1.165, 1.54) is 6.07 Å². The molecule has 0 amide bonds. The topological polar surface area (TPSA) is 83.7 Å². The lowest BCUT2D eigenvalue weighted by Crippen LogP contribution is -2.23. The van der Waals surface area contributed by atoms with Crippen molar-refractivity contribution in [3.63, 3.8) is 0 Å². The van der Waals surface area contributed by atoms with Crippen molar-refractivity contribution in [2.24, 2.45) is 17.6 Å². The molecule has 0 bridgehead atoms. The number of anilines is 1. The first kappa shape index (κ1) is 15.0. The number of nitrogens with zero attached hydrogens (tertiary/aromatic N) is 4. The molecule has 3 aromatic rings. The second-order valence-electron chi connectivity index (χ2n) is 6.35. The van der Waals surface area contributed by atoms with E-state index >= 15 is 0 Å². The van der Waals surface area contributed by atoms with Crippen LogP contribution >= 0.6 is 0 Å². The Morgan fingerprint density at radius 1 is 1.29 bits per heavy atom. The molecule has 0 radical (unpaired) electrons. The van der Waals surface area contributed by atoms with E-state index in [0.29, 0.717) is 29.7 Å². The van der Waals surface area contributed by atoms with Crippen molar-refractivity contribution in [2.75, 3.05) is 24.5 Å². The Balaban J connectivity index is 1.75. The van der Waals surface area contributed by atoms with Crippen LogP contribution in [0.15, 0.2) is 30.5 Å². The molecule has 0 saturated carbocycles. The first-order valence-corrected chi connectivity index (χ1v) is 8.08. The Morgan fingerprint density at radius 2 is 2.17 bits per heavy atom. The van der Waals surface area contributed by atoms with Crippen molar-refractivity contribution in [3.05, 3.63) is 36.3 Å². The number of H-pyrrole nitrogens is 1. The number of hydrogen-bond donors (Lipinski definition) is 2. The monoisotopic (exact) mass is 326 g/mol. The minimum atomic E-state index is -0.390. The lowest BCUT2D eigenvalue weighted by Gasteiger charge is -2.18. The van der Waals surface area contributed by atoms with Crippen LogP contribution < -0.4 is 10.6 Å². The quantitative estimate of drug-likeness (QED) is 0.771. The van der Waals surface area contributed by atoms with Gasteiger partial charge >= 0.3 is 0 Å². The number of rotatable bonds is 3. The zero-order chi connectivity index (χ0) is 16.7. The van der Waals surface area contributed by atoms with E-state index in [9.17, 15) is 4.39 Å². The first-order chi connectivity index (χ1) is 11.7. The zero-order valence-corrected chi connectivity index (χ0v) is 13.4. The van der Waals surface area contributed by atoms with Gasteiger partial charge in [0.25, 0.3) is 0 Å². The van der Waals surface area contributed by atoms with Gasteiger partial charge in [0.1, 0.15) is 17.2 Å². The third-order valence-electron chi connectivity index (χ3n) is 4.79. The van der Waals surface area contributed by atoms with Gasteiger partial charge in [-0.3, -0.25) is 5.10 Å². The summed E-state index contributed by atoms with van der Waals surface area (Å²) >= 11 is 0. The molecule has 2 atom stereocenters. The summed E-state index contributed by atoms with van der Waals surface area (Å²) < 4.78 is 14.4.